The SMILES string of the molecule is COc1ccccc1Cc1cc(C(=O)N2CCC[C@H]3N(C(C)=O)CCC[C@@]32C)ccn1. The van der Waals surface area contributed by atoms with Gasteiger partial charge >= 0.3 is 0 Å². The van der Waals surface area contributed by atoms with Gasteiger partial charge in [-0.15, -0.1) is 0 Å². The van der Waals surface area contributed by atoms with Crippen molar-refractivity contribution in [3.8, 4) is 5.75 Å². The summed E-state index contributed by atoms with van der Waals surface area (Å²) in [5, 5.41) is 0. The molecule has 2 aliphatic rings. The normalized spacial score (nSPS) is 23.3. The molecule has 2 saturated heterocycles. The predicted octanol–water partition coefficient (Wildman–Crippen LogP) is 3.69. The molecule has 4 rings (SSSR count). The van der Waals surface area contributed by atoms with E-state index in [0.717, 1.165) is 55.8 Å². The quantitative estimate of drug-likeness (QED) is 0.755. The van der Waals surface area contributed by atoms with Crippen LogP contribution in [0.15, 0.2) is 42.6 Å². The lowest BCUT2D eigenvalue weighted by Crippen LogP contribution is -2.68. The summed E-state index contributed by atoms with van der Waals surface area (Å²) in [6.07, 6.45) is 6.02. The maximum atomic E-state index is 13.6. The molecular weight excluding hydrogens is 390 g/mol. The fourth-order valence-corrected chi connectivity index (χ4v) is 5.36. The van der Waals surface area contributed by atoms with E-state index in [4.69, 9.17) is 4.74 Å². The summed E-state index contributed by atoms with van der Waals surface area (Å²) in [6, 6.07) is 11.7. The molecule has 0 aliphatic carbocycles. The van der Waals surface area contributed by atoms with Crippen LogP contribution < -0.4 is 4.74 Å². The van der Waals surface area contributed by atoms with E-state index in [0.29, 0.717) is 12.0 Å². The van der Waals surface area contributed by atoms with Crippen LogP contribution in [0, 0.1) is 0 Å². The minimum absolute atomic E-state index is 0.0290. The maximum Gasteiger partial charge on any atom is 0.254 e. The van der Waals surface area contributed by atoms with Crippen LogP contribution in [0.25, 0.3) is 0 Å². The third-order valence-electron chi connectivity index (χ3n) is 6.93. The van der Waals surface area contributed by atoms with Gasteiger partial charge in [0, 0.05) is 49.5 Å². The van der Waals surface area contributed by atoms with Crippen molar-refractivity contribution < 1.29 is 14.3 Å². The van der Waals surface area contributed by atoms with Gasteiger partial charge in [0.15, 0.2) is 0 Å². The monoisotopic (exact) mass is 421 g/mol. The number of para-hydroxylation sites is 1. The Morgan fingerprint density at radius 2 is 2.00 bits per heavy atom. The first-order valence-corrected chi connectivity index (χ1v) is 11.1. The van der Waals surface area contributed by atoms with Crippen LogP contribution in [-0.2, 0) is 11.2 Å². The van der Waals surface area contributed by atoms with E-state index < -0.39 is 0 Å². The number of carbonyl (C=O) groups excluding carboxylic acids is 2. The molecule has 2 fully saturated rings. The average molecular weight is 422 g/mol. The van der Waals surface area contributed by atoms with E-state index in [1.807, 2.05) is 40.1 Å². The molecule has 0 saturated carbocycles. The van der Waals surface area contributed by atoms with Gasteiger partial charge in [0.05, 0.1) is 18.7 Å². The lowest BCUT2D eigenvalue weighted by Gasteiger charge is -2.56. The van der Waals surface area contributed by atoms with Gasteiger partial charge in [-0.2, -0.15) is 0 Å². The van der Waals surface area contributed by atoms with Crippen molar-refractivity contribution in [2.24, 2.45) is 0 Å². The smallest absolute Gasteiger partial charge is 0.254 e. The fraction of sp³-hybridized carbons (Fsp3) is 0.480. The number of piperidine rings is 2. The van der Waals surface area contributed by atoms with Crippen LogP contribution >= 0.6 is 0 Å². The van der Waals surface area contributed by atoms with Gasteiger partial charge in [0.2, 0.25) is 5.91 Å². The summed E-state index contributed by atoms with van der Waals surface area (Å²) in [4.78, 5) is 34.3. The number of hydrogen-bond acceptors (Lipinski definition) is 4. The highest BCUT2D eigenvalue weighted by Gasteiger charge is 2.49. The summed E-state index contributed by atoms with van der Waals surface area (Å²) in [7, 11) is 1.66. The third-order valence-corrected chi connectivity index (χ3v) is 6.93. The van der Waals surface area contributed by atoms with Gasteiger partial charge in [0.1, 0.15) is 5.75 Å². The number of amides is 2. The molecule has 3 heterocycles. The van der Waals surface area contributed by atoms with Crippen molar-refractivity contribution in [3.05, 3.63) is 59.4 Å². The Kier molecular flexibility index (Phi) is 5.99. The van der Waals surface area contributed by atoms with Gasteiger partial charge in [-0.3, -0.25) is 14.6 Å². The highest BCUT2D eigenvalue weighted by molar-refractivity contribution is 5.95. The van der Waals surface area contributed by atoms with Crippen molar-refractivity contribution in [1.82, 2.24) is 14.8 Å². The largest absolute Gasteiger partial charge is 0.496 e. The van der Waals surface area contributed by atoms with Crippen molar-refractivity contribution >= 4 is 11.8 Å². The summed E-state index contributed by atoms with van der Waals surface area (Å²) in [5.74, 6) is 0.952. The molecule has 2 atom stereocenters. The van der Waals surface area contributed by atoms with Crippen LogP contribution in [-0.4, -0.2) is 58.4 Å². The molecule has 6 heteroatoms. The Balaban J connectivity index is 1.59. The molecular formula is C25H31N3O3. The number of aromatic nitrogens is 1. The molecule has 6 nitrogen and oxygen atoms in total. The first kappa shape index (κ1) is 21.3. The van der Waals surface area contributed by atoms with E-state index in [9.17, 15) is 9.59 Å². The number of rotatable bonds is 4. The second-order valence-corrected chi connectivity index (χ2v) is 8.81. The van der Waals surface area contributed by atoms with Crippen molar-refractivity contribution in [2.75, 3.05) is 20.2 Å². The maximum absolute atomic E-state index is 13.6. The van der Waals surface area contributed by atoms with Crippen LogP contribution in [0.3, 0.4) is 0 Å². The summed E-state index contributed by atoms with van der Waals surface area (Å²) in [5.41, 5.74) is 2.20. The minimum atomic E-state index is -0.328. The van der Waals surface area contributed by atoms with Gasteiger partial charge in [-0.25, -0.2) is 0 Å². The Hall–Kier alpha value is -2.89. The first-order valence-electron chi connectivity index (χ1n) is 11.1. The second kappa shape index (κ2) is 8.69. The number of likely N-dealkylation sites (tertiary alicyclic amines) is 2. The molecule has 0 radical (unpaired) electrons. The topological polar surface area (TPSA) is 62.7 Å². The molecule has 31 heavy (non-hydrogen) atoms. The van der Waals surface area contributed by atoms with Crippen molar-refractivity contribution in [2.45, 2.75) is 57.5 Å². The van der Waals surface area contributed by atoms with E-state index >= 15 is 0 Å². The summed E-state index contributed by atoms with van der Waals surface area (Å²) < 4.78 is 5.46. The van der Waals surface area contributed by atoms with E-state index in [2.05, 4.69) is 11.9 Å². The first-order chi connectivity index (χ1) is 14.9. The molecule has 0 bridgehead atoms. The van der Waals surface area contributed by atoms with Gasteiger partial charge in [-0.1, -0.05) is 18.2 Å². The van der Waals surface area contributed by atoms with E-state index in [1.54, 1.807) is 26.3 Å². The van der Waals surface area contributed by atoms with Gasteiger partial charge < -0.3 is 14.5 Å². The Labute approximate surface area is 184 Å². The average Bonchev–Trinajstić information content (AvgIpc) is 2.78. The van der Waals surface area contributed by atoms with Crippen molar-refractivity contribution in [1.29, 1.82) is 0 Å². The Morgan fingerprint density at radius 3 is 2.77 bits per heavy atom. The number of pyridine rings is 1. The molecule has 1 aromatic heterocycles. The molecule has 2 amide bonds. The van der Waals surface area contributed by atoms with Crippen LogP contribution in [0.1, 0.15) is 61.1 Å². The third kappa shape index (κ3) is 4.03. The lowest BCUT2D eigenvalue weighted by atomic mass is 9.75. The van der Waals surface area contributed by atoms with Crippen LogP contribution in [0.4, 0.5) is 0 Å². The predicted molar refractivity (Wildman–Crippen MR) is 119 cm³/mol. The molecule has 2 aliphatic heterocycles. The zero-order valence-electron chi connectivity index (χ0n) is 18.6. The molecule has 0 N–H and O–H groups in total. The van der Waals surface area contributed by atoms with E-state index in [1.165, 1.54) is 0 Å². The number of fused-ring (bicyclic) bond motifs is 1. The lowest BCUT2D eigenvalue weighted by molar-refractivity contribution is -0.140. The van der Waals surface area contributed by atoms with Crippen LogP contribution in [0.5, 0.6) is 5.75 Å². The number of hydrogen-bond donors (Lipinski definition) is 0. The van der Waals surface area contributed by atoms with Gasteiger partial charge in [0.25, 0.3) is 5.91 Å². The Morgan fingerprint density at radius 1 is 1.19 bits per heavy atom. The number of nitrogens with zero attached hydrogens (tertiary/aromatic N) is 3. The summed E-state index contributed by atoms with van der Waals surface area (Å²) >= 11 is 0. The van der Waals surface area contributed by atoms with Crippen LogP contribution in [0.2, 0.25) is 0 Å². The zero-order chi connectivity index (χ0) is 22.0. The molecule has 2 aromatic rings. The van der Waals surface area contributed by atoms with Crippen molar-refractivity contribution in [3.63, 3.8) is 0 Å². The molecule has 0 spiro atoms. The zero-order valence-corrected chi connectivity index (χ0v) is 18.6. The number of benzene rings is 1. The number of ether oxygens (including phenoxy) is 1. The minimum Gasteiger partial charge on any atom is -0.496 e. The molecule has 1 aromatic carbocycles. The highest BCUT2D eigenvalue weighted by atomic mass is 16.5. The molecule has 0 unspecified atom stereocenters. The number of carbonyl (C=O) groups is 2. The molecule has 164 valence electrons. The van der Waals surface area contributed by atoms with Gasteiger partial charge in [-0.05, 0) is 50.8 Å². The number of methoxy groups -OCH3 is 1. The highest BCUT2D eigenvalue weighted by Crippen LogP contribution is 2.40. The standard InChI is InChI=1S/C25H31N3O3/c1-18(29)27-14-7-12-25(2)23(27)10-6-15-28(25)24(30)20-11-13-26-21(17-20)16-19-8-4-5-9-22(19)31-3/h4-5,8-9,11,13,17,23H,6-7,10,12,14-16H2,1-3H3/t23-,25+/m1/s1. The summed E-state index contributed by atoms with van der Waals surface area (Å²) in [6.45, 7) is 5.30. The Bertz CT molecular complexity index is 976. The fourth-order valence-electron chi connectivity index (χ4n) is 5.36. The van der Waals surface area contributed by atoms with E-state index in [-0.39, 0.29) is 23.4 Å². The second-order valence-electron chi connectivity index (χ2n) is 8.81.